The molecular weight excluding hydrogens is 246 g/mol. The van der Waals surface area contributed by atoms with Crippen molar-refractivity contribution >= 4 is 16.9 Å². The quantitative estimate of drug-likeness (QED) is 0.854. The summed E-state index contributed by atoms with van der Waals surface area (Å²) in [7, 11) is 0. The maximum Gasteiger partial charge on any atom is 0.344 e. The summed E-state index contributed by atoms with van der Waals surface area (Å²) in [6.45, 7) is 3.69. The van der Waals surface area contributed by atoms with Crippen LogP contribution in [0.3, 0.4) is 0 Å². The van der Waals surface area contributed by atoms with Crippen molar-refractivity contribution in [3.8, 4) is 11.5 Å². The molecular formula is C14H15NO4. The molecule has 0 bridgehead atoms. The molecule has 2 rings (SSSR count). The van der Waals surface area contributed by atoms with E-state index in [4.69, 9.17) is 9.47 Å². The molecule has 100 valence electrons. The summed E-state index contributed by atoms with van der Waals surface area (Å²) in [6, 6.07) is 6.76. The molecule has 5 heteroatoms. The molecule has 0 aliphatic heterocycles. The van der Waals surface area contributed by atoms with Gasteiger partial charge in [-0.3, -0.25) is 0 Å². The number of fused-ring (bicyclic) bond motifs is 1. The van der Waals surface area contributed by atoms with E-state index in [1.807, 2.05) is 0 Å². The van der Waals surface area contributed by atoms with Gasteiger partial charge in [0.1, 0.15) is 17.0 Å². The number of aromatic hydroxyl groups is 1. The van der Waals surface area contributed by atoms with Gasteiger partial charge in [-0.2, -0.15) is 0 Å². The molecule has 1 heterocycles. The van der Waals surface area contributed by atoms with Crippen molar-refractivity contribution in [2.24, 2.45) is 0 Å². The third-order valence-corrected chi connectivity index (χ3v) is 2.56. The Morgan fingerprint density at radius 2 is 2.21 bits per heavy atom. The van der Waals surface area contributed by atoms with E-state index in [0.717, 1.165) is 0 Å². The normalized spacial score (nSPS) is 10.4. The number of esters is 1. The smallest absolute Gasteiger partial charge is 0.344 e. The molecule has 0 aliphatic carbocycles. The third kappa shape index (κ3) is 2.93. The molecule has 5 nitrogen and oxygen atoms in total. The molecule has 0 amide bonds. The highest BCUT2D eigenvalue weighted by atomic mass is 16.6. The maximum atomic E-state index is 11.3. The SMILES string of the molecule is CCOC(=O)COc1cc(C)nc2c(O)cccc12. The van der Waals surface area contributed by atoms with Crippen molar-refractivity contribution in [1.29, 1.82) is 0 Å². The zero-order chi connectivity index (χ0) is 13.8. The lowest BCUT2D eigenvalue weighted by Gasteiger charge is -2.10. The molecule has 0 saturated carbocycles. The summed E-state index contributed by atoms with van der Waals surface area (Å²) in [5.74, 6) is 0.166. The van der Waals surface area contributed by atoms with Gasteiger partial charge in [-0.25, -0.2) is 9.78 Å². The Labute approximate surface area is 110 Å². The van der Waals surface area contributed by atoms with E-state index in [-0.39, 0.29) is 12.4 Å². The summed E-state index contributed by atoms with van der Waals surface area (Å²) < 4.78 is 10.2. The van der Waals surface area contributed by atoms with Crippen LogP contribution >= 0.6 is 0 Å². The molecule has 1 aromatic heterocycles. The highest BCUT2D eigenvalue weighted by Gasteiger charge is 2.10. The van der Waals surface area contributed by atoms with Crippen LogP contribution in [0.15, 0.2) is 24.3 Å². The minimum Gasteiger partial charge on any atom is -0.506 e. The second-order valence-corrected chi connectivity index (χ2v) is 4.03. The Morgan fingerprint density at radius 1 is 1.42 bits per heavy atom. The van der Waals surface area contributed by atoms with E-state index in [1.165, 1.54) is 0 Å². The number of ether oxygens (including phenoxy) is 2. The molecule has 2 aromatic rings. The lowest BCUT2D eigenvalue weighted by Crippen LogP contribution is -2.14. The first-order chi connectivity index (χ1) is 9.11. The third-order valence-electron chi connectivity index (χ3n) is 2.56. The van der Waals surface area contributed by atoms with Crippen LogP contribution in [0.5, 0.6) is 11.5 Å². The van der Waals surface area contributed by atoms with Crippen LogP contribution in [0.25, 0.3) is 10.9 Å². The molecule has 0 aliphatic rings. The maximum absolute atomic E-state index is 11.3. The van der Waals surface area contributed by atoms with Gasteiger partial charge in [-0.15, -0.1) is 0 Å². The molecule has 0 radical (unpaired) electrons. The number of phenols is 1. The minimum atomic E-state index is -0.426. The number of phenolic OH excluding ortho intramolecular Hbond substituents is 1. The van der Waals surface area contributed by atoms with Gasteiger partial charge in [0, 0.05) is 17.1 Å². The molecule has 1 aromatic carbocycles. The molecule has 0 saturated heterocycles. The van der Waals surface area contributed by atoms with Gasteiger partial charge in [0.15, 0.2) is 6.61 Å². The second-order valence-electron chi connectivity index (χ2n) is 4.03. The van der Waals surface area contributed by atoms with Crippen molar-refractivity contribution in [1.82, 2.24) is 4.98 Å². The van der Waals surface area contributed by atoms with Crippen LogP contribution in [-0.4, -0.2) is 29.3 Å². The number of carbonyl (C=O) groups excluding carboxylic acids is 1. The number of rotatable bonds is 4. The first kappa shape index (κ1) is 13.1. The number of para-hydroxylation sites is 1. The zero-order valence-electron chi connectivity index (χ0n) is 10.8. The van der Waals surface area contributed by atoms with E-state index in [0.29, 0.717) is 29.0 Å². The zero-order valence-corrected chi connectivity index (χ0v) is 10.8. The van der Waals surface area contributed by atoms with Crippen molar-refractivity contribution in [2.45, 2.75) is 13.8 Å². The first-order valence-corrected chi connectivity index (χ1v) is 5.99. The van der Waals surface area contributed by atoms with E-state index < -0.39 is 5.97 Å². The Morgan fingerprint density at radius 3 is 2.95 bits per heavy atom. The Balaban J connectivity index is 2.32. The average Bonchev–Trinajstić information content (AvgIpc) is 2.37. The summed E-state index contributed by atoms with van der Waals surface area (Å²) in [5, 5.41) is 10.4. The van der Waals surface area contributed by atoms with Gasteiger partial charge in [0.2, 0.25) is 0 Å². The van der Waals surface area contributed by atoms with E-state index in [2.05, 4.69) is 4.98 Å². The van der Waals surface area contributed by atoms with Crippen molar-refractivity contribution in [3.63, 3.8) is 0 Å². The number of aryl methyl sites for hydroxylation is 1. The van der Waals surface area contributed by atoms with Gasteiger partial charge in [-0.05, 0) is 26.0 Å². The van der Waals surface area contributed by atoms with Gasteiger partial charge < -0.3 is 14.6 Å². The summed E-state index contributed by atoms with van der Waals surface area (Å²) in [5.41, 5.74) is 1.16. The number of carbonyl (C=O) groups is 1. The number of hydrogen-bond acceptors (Lipinski definition) is 5. The van der Waals surface area contributed by atoms with E-state index in [1.54, 1.807) is 38.1 Å². The number of pyridine rings is 1. The van der Waals surface area contributed by atoms with Crippen LogP contribution in [0.1, 0.15) is 12.6 Å². The van der Waals surface area contributed by atoms with Crippen LogP contribution in [-0.2, 0) is 9.53 Å². The Bertz CT molecular complexity index is 610. The molecule has 0 atom stereocenters. The molecule has 1 N–H and O–H groups in total. The van der Waals surface area contributed by atoms with Crippen LogP contribution < -0.4 is 4.74 Å². The van der Waals surface area contributed by atoms with E-state index >= 15 is 0 Å². The lowest BCUT2D eigenvalue weighted by atomic mass is 10.1. The fourth-order valence-electron chi connectivity index (χ4n) is 1.78. The van der Waals surface area contributed by atoms with Crippen molar-refractivity contribution in [2.75, 3.05) is 13.2 Å². The number of benzene rings is 1. The monoisotopic (exact) mass is 261 g/mol. The molecule has 0 spiro atoms. The lowest BCUT2D eigenvalue weighted by molar-refractivity contribution is -0.145. The van der Waals surface area contributed by atoms with Crippen molar-refractivity contribution in [3.05, 3.63) is 30.0 Å². The number of hydrogen-bond donors (Lipinski definition) is 1. The summed E-state index contributed by atoms with van der Waals surface area (Å²) in [4.78, 5) is 15.5. The van der Waals surface area contributed by atoms with Crippen LogP contribution in [0.2, 0.25) is 0 Å². The predicted molar refractivity (Wildman–Crippen MR) is 70.3 cm³/mol. The van der Waals surface area contributed by atoms with Gasteiger partial charge in [0.25, 0.3) is 0 Å². The topological polar surface area (TPSA) is 68.7 Å². The largest absolute Gasteiger partial charge is 0.506 e. The number of nitrogens with zero attached hydrogens (tertiary/aromatic N) is 1. The van der Waals surface area contributed by atoms with E-state index in [9.17, 15) is 9.90 Å². The second kappa shape index (κ2) is 5.56. The molecule has 19 heavy (non-hydrogen) atoms. The average molecular weight is 261 g/mol. The van der Waals surface area contributed by atoms with Gasteiger partial charge >= 0.3 is 5.97 Å². The minimum absolute atomic E-state index is 0.0854. The van der Waals surface area contributed by atoms with Crippen molar-refractivity contribution < 1.29 is 19.4 Å². The Kier molecular flexibility index (Phi) is 3.85. The standard InChI is InChI=1S/C14H15NO4/c1-3-18-13(17)8-19-12-7-9(2)15-14-10(12)5-4-6-11(14)16/h4-7,16H,3,8H2,1-2H3. The van der Waals surface area contributed by atoms with Gasteiger partial charge in [-0.1, -0.05) is 6.07 Å². The highest BCUT2D eigenvalue weighted by molar-refractivity contribution is 5.90. The first-order valence-electron chi connectivity index (χ1n) is 5.99. The van der Waals surface area contributed by atoms with Crippen LogP contribution in [0.4, 0.5) is 0 Å². The summed E-state index contributed by atoms with van der Waals surface area (Å²) in [6.07, 6.45) is 0. The van der Waals surface area contributed by atoms with Gasteiger partial charge in [0.05, 0.1) is 6.61 Å². The molecule has 0 fully saturated rings. The Hall–Kier alpha value is -2.30. The molecule has 0 unspecified atom stereocenters. The fourth-order valence-corrected chi connectivity index (χ4v) is 1.78. The summed E-state index contributed by atoms with van der Waals surface area (Å²) >= 11 is 0. The predicted octanol–water partition coefficient (Wildman–Crippen LogP) is 2.19. The number of aromatic nitrogens is 1. The highest BCUT2D eigenvalue weighted by Crippen LogP contribution is 2.30. The van der Waals surface area contributed by atoms with Crippen LogP contribution in [0, 0.1) is 6.92 Å². The fraction of sp³-hybridized carbons (Fsp3) is 0.286.